The molecule has 37 heavy (non-hydrogen) atoms. The first-order chi connectivity index (χ1) is 18.1. The first kappa shape index (κ1) is 24.4. The highest BCUT2D eigenvalue weighted by molar-refractivity contribution is 7.98. The van der Waals surface area contributed by atoms with Crippen LogP contribution in [-0.2, 0) is 12.3 Å². The summed E-state index contributed by atoms with van der Waals surface area (Å²) in [6, 6.07) is 20.3. The lowest BCUT2D eigenvalue weighted by molar-refractivity contribution is 0.390. The molecule has 0 aliphatic rings. The Morgan fingerprint density at radius 1 is 0.892 bits per heavy atom. The molecule has 5 aromatic rings. The van der Waals surface area contributed by atoms with Gasteiger partial charge in [0.25, 0.3) is 5.56 Å². The van der Waals surface area contributed by atoms with Gasteiger partial charge < -0.3 is 18.7 Å². The summed E-state index contributed by atoms with van der Waals surface area (Å²) < 4.78 is 23.3. The van der Waals surface area contributed by atoms with Gasteiger partial charge in [0.15, 0.2) is 5.16 Å². The highest BCUT2D eigenvalue weighted by Crippen LogP contribution is 2.29. The number of ether oxygens (including phenoxy) is 3. The molecule has 0 radical (unpaired) electrons. The van der Waals surface area contributed by atoms with Crippen molar-refractivity contribution in [2.45, 2.75) is 17.5 Å². The quantitative estimate of drug-likeness (QED) is 0.202. The highest BCUT2D eigenvalue weighted by atomic mass is 32.2. The SMILES string of the molecule is COc1cc(OC)cc(-c2noc(CSc3nc4ccccc4c(=O)n3Cc3ccccc3OC)n2)c1. The number of rotatable bonds is 9. The first-order valence-corrected chi connectivity index (χ1v) is 12.4. The van der Waals surface area contributed by atoms with Gasteiger partial charge in [0.05, 0.1) is 44.5 Å². The molecule has 3 aromatic carbocycles. The molecule has 0 aliphatic carbocycles. The third-order valence-corrected chi connectivity index (χ3v) is 6.71. The Labute approximate surface area is 217 Å². The Hall–Kier alpha value is -4.31. The van der Waals surface area contributed by atoms with Crippen molar-refractivity contribution in [2.24, 2.45) is 0 Å². The number of fused-ring (bicyclic) bond motifs is 1. The molecule has 9 nitrogen and oxygen atoms in total. The summed E-state index contributed by atoms with van der Waals surface area (Å²) in [6.07, 6.45) is 0. The summed E-state index contributed by atoms with van der Waals surface area (Å²) in [6.45, 7) is 0.307. The van der Waals surface area contributed by atoms with Crippen molar-refractivity contribution in [1.82, 2.24) is 19.7 Å². The lowest BCUT2D eigenvalue weighted by Gasteiger charge is -2.14. The van der Waals surface area contributed by atoms with E-state index in [1.54, 1.807) is 50.2 Å². The molecule has 188 valence electrons. The average molecular weight is 517 g/mol. The molecule has 10 heteroatoms. The van der Waals surface area contributed by atoms with Crippen LogP contribution in [0.1, 0.15) is 11.5 Å². The van der Waals surface area contributed by atoms with Gasteiger partial charge in [-0.15, -0.1) is 0 Å². The molecular weight excluding hydrogens is 492 g/mol. The zero-order valence-electron chi connectivity index (χ0n) is 20.5. The van der Waals surface area contributed by atoms with Crippen LogP contribution in [0.25, 0.3) is 22.3 Å². The van der Waals surface area contributed by atoms with E-state index in [0.717, 1.165) is 5.56 Å². The monoisotopic (exact) mass is 516 g/mol. The van der Waals surface area contributed by atoms with Crippen molar-refractivity contribution < 1.29 is 18.7 Å². The zero-order valence-corrected chi connectivity index (χ0v) is 21.3. The summed E-state index contributed by atoms with van der Waals surface area (Å²) in [7, 11) is 4.77. The maximum absolute atomic E-state index is 13.5. The summed E-state index contributed by atoms with van der Waals surface area (Å²) in [4.78, 5) is 22.8. The fourth-order valence-electron chi connectivity index (χ4n) is 3.89. The molecular formula is C27H24N4O5S. The van der Waals surface area contributed by atoms with Crippen LogP contribution in [0.4, 0.5) is 0 Å². The predicted molar refractivity (Wildman–Crippen MR) is 140 cm³/mol. The van der Waals surface area contributed by atoms with E-state index in [-0.39, 0.29) is 5.56 Å². The number of benzene rings is 3. The highest BCUT2D eigenvalue weighted by Gasteiger charge is 2.17. The summed E-state index contributed by atoms with van der Waals surface area (Å²) in [5.41, 5.74) is 2.07. The predicted octanol–water partition coefficient (Wildman–Crippen LogP) is 4.81. The molecule has 0 unspecified atom stereocenters. The van der Waals surface area contributed by atoms with Gasteiger partial charge in [0.1, 0.15) is 17.2 Å². The summed E-state index contributed by atoms with van der Waals surface area (Å²) >= 11 is 1.35. The Kier molecular flexibility index (Phi) is 7.09. The molecule has 0 amide bonds. The maximum Gasteiger partial charge on any atom is 0.262 e. The number of hydrogen-bond donors (Lipinski definition) is 0. The average Bonchev–Trinajstić information content (AvgIpc) is 3.42. The van der Waals surface area contributed by atoms with Crippen molar-refractivity contribution in [3.63, 3.8) is 0 Å². The molecule has 0 spiro atoms. The maximum atomic E-state index is 13.5. The van der Waals surface area contributed by atoms with E-state index in [1.165, 1.54) is 11.8 Å². The van der Waals surface area contributed by atoms with Crippen molar-refractivity contribution in [3.05, 3.63) is 88.5 Å². The molecule has 2 heterocycles. The topological polar surface area (TPSA) is 102 Å². The van der Waals surface area contributed by atoms with E-state index in [2.05, 4.69) is 10.1 Å². The molecule has 0 N–H and O–H groups in total. The fraction of sp³-hybridized carbons (Fsp3) is 0.185. The van der Waals surface area contributed by atoms with Crippen LogP contribution < -0.4 is 19.8 Å². The van der Waals surface area contributed by atoms with Crippen molar-refractivity contribution in [2.75, 3.05) is 21.3 Å². The van der Waals surface area contributed by atoms with E-state index in [1.807, 2.05) is 42.5 Å². The van der Waals surface area contributed by atoms with Gasteiger partial charge in [-0.25, -0.2) is 4.98 Å². The lowest BCUT2D eigenvalue weighted by Crippen LogP contribution is -2.24. The fourth-order valence-corrected chi connectivity index (χ4v) is 4.73. The molecule has 0 bridgehead atoms. The number of nitrogens with zero attached hydrogens (tertiary/aromatic N) is 4. The number of para-hydroxylation sites is 2. The van der Waals surface area contributed by atoms with E-state index < -0.39 is 0 Å². The van der Waals surface area contributed by atoms with E-state index in [9.17, 15) is 4.79 Å². The second-order valence-corrected chi connectivity index (χ2v) is 8.96. The van der Waals surface area contributed by atoms with Crippen LogP contribution in [0.15, 0.2) is 81.2 Å². The minimum Gasteiger partial charge on any atom is -0.497 e. The van der Waals surface area contributed by atoms with E-state index in [4.69, 9.17) is 23.7 Å². The third kappa shape index (κ3) is 5.14. The van der Waals surface area contributed by atoms with Gasteiger partial charge >= 0.3 is 0 Å². The Morgan fingerprint density at radius 3 is 2.38 bits per heavy atom. The molecule has 0 saturated carbocycles. The summed E-state index contributed by atoms with van der Waals surface area (Å²) in [5, 5.41) is 5.20. The third-order valence-electron chi connectivity index (χ3n) is 5.75. The molecule has 0 saturated heterocycles. The molecule has 0 fully saturated rings. The van der Waals surface area contributed by atoms with E-state index in [0.29, 0.717) is 62.9 Å². The van der Waals surface area contributed by atoms with Crippen molar-refractivity contribution >= 4 is 22.7 Å². The Morgan fingerprint density at radius 2 is 1.62 bits per heavy atom. The lowest BCUT2D eigenvalue weighted by atomic mass is 10.2. The Bertz CT molecular complexity index is 1590. The second kappa shape index (κ2) is 10.8. The van der Waals surface area contributed by atoms with Crippen LogP contribution in [0.3, 0.4) is 0 Å². The molecule has 0 aliphatic heterocycles. The van der Waals surface area contributed by atoms with Crippen LogP contribution in [-0.4, -0.2) is 41.0 Å². The number of thioether (sulfide) groups is 1. The van der Waals surface area contributed by atoms with Gasteiger partial charge in [-0.3, -0.25) is 9.36 Å². The van der Waals surface area contributed by atoms with Crippen LogP contribution in [0.2, 0.25) is 0 Å². The minimum absolute atomic E-state index is 0.131. The van der Waals surface area contributed by atoms with Gasteiger partial charge in [-0.1, -0.05) is 47.3 Å². The number of hydrogen-bond acceptors (Lipinski definition) is 9. The molecule has 2 aromatic heterocycles. The molecule has 5 rings (SSSR count). The van der Waals surface area contributed by atoms with Crippen LogP contribution >= 0.6 is 11.8 Å². The van der Waals surface area contributed by atoms with Crippen LogP contribution in [0, 0.1) is 0 Å². The van der Waals surface area contributed by atoms with Gasteiger partial charge in [0, 0.05) is 17.2 Å². The number of aromatic nitrogens is 4. The number of methoxy groups -OCH3 is 3. The van der Waals surface area contributed by atoms with Gasteiger partial charge in [-0.2, -0.15) is 4.98 Å². The van der Waals surface area contributed by atoms with Crippen LogP contribution in [0.5, 0.6) is 17.2 Å². The second-order valence-electron chi connectivity index (χ2n) is 8.02. The standard InChI is InChI=1S/C27H24N4O5S/c1-33-19-12-18(13-20(14-19)34-2)25-29-24(36-30-25)16-37-27-28-22-10-6-5-9-21(22)26(32)31(27)15-17-8-4-7-11-23(17)35-3/h4-14H,15-16H2,1-3H3. The van der Waals surface area contributed by atoms with E-state index >= 15 is 0 Å². The summed E-state index contributed by atoms with van der Waals surface area (Å²) in [5.74, 6) is 3.07. The van der Waals surface area contributed by atoms with Crippen molar-refractivity contribution in [1.29, 1.82) is 0 Å². The largest absolute Gasteiger partial charge is 0.497 e. The zero-order chi connectivity index (χ0) is 25.8. The van der Waals surface area contributed by atoms with Gasteiger partial charge in [0.2, 0.25) is 11.7 Å². The Balaban J connectivity index is 1.46. The van der Waals surface area contributed by atoms with Gasteiger partial charge in [-0.05, 0) is 30.3 Å². The smallest absolute Gasteiger partial charge is 0.262 e. The minimum atomic E-state index is -0.131. The molecule has 0 atom stereocenters. The van der Waals surface area contributed by atoms with Crippen molar-refractivity contribution in [3.8, 4) is 28.6 Å². The normalized spacial score (nSPS) is 11.0. The first-order valence-electron chi connectivity index (χ1n) is 11.4.